The molecule has 1 aliphatic rings. The molecule has 106 valence electrons. The molecule has 1 aromatic heterocycles. The van der Waals surface area contributed by atoms with Crippen molar-refractivity contribution in [1.29, 1.82) is 0 Å². The molecule has 1 saturated carbocycles. The fourth-order valence-electron chi connectivity index (χ4n) is 3.67. The zero-order valence-electron chi connectivity index (χ0n) is 11.9. The maximum atomic E-state index is 6.65. The highest BCUT2D eigenvalue weighted by atomic mass is 16.3. The van der Waals surface area contributed by atoms with Gasteiger partial charge in [0.2, 0.25) is 0 Å². The normalized spacial score (nSPS) is 19.6. The van der Waals surface area contributed by atoms with Crippen molar-refractivity contribution < 1.29 is 4.42 Å². The number of rotatable bonds is 4. The van der Waals surface area contributed by atoms with Crippen molar-refractivity contribution in [2.75, 3.05) is 0 Å². The smallest absolute Gasteiger partial charge is 0.105 e. The van der Waals surface area contributed by atoms with E-state index in [9.17, 15) is 0 Å². The van der Waals surface area contributed by atoms with Gasteiger partial charge >= 0.3 is 0 Å². The summed E-state index contributed by atoms with van der Waals surface area (Å²) in [5.41, 5.74) is 8.17. The fraction of sp³-hybridized carbons (Fsp3) is 0.444. The first-order valence-electron chi connectivity index (χ1n) is 7.65. The van der Waals surface area contributed by atoms with Crippen LogP contribution in [0.2, 0.25) is 0 Å². The predicted octanol–water partition coefficient (Wildman–Crippen LogP) is 4.05. The van der Waals surface area contributed by atoms with Crippen molar-refractivity contribution >= 4 is 0 Å². The molecule has 0 radical (unpaired) electrons. The summed E-state index contributed by atoms with van der Waals surface area (Å²) in [7, 11) is 0. The fourth-order valence-corrected chi connectivity index (χ4v) is 3.67. The monoisotopic (exact) mass is 269 g/mol. The Morgan fingerprint density at radius 3 is 2.40 bits per heavy atom. The van der Waals surface area contributed by atoms with Crippen LogP contribution in [0.5, 0.6) is 0 Å². The van der Waals surface area contributed by atoms with Crippen LogP contribution < -0.4 is 5.73 Å². The molecular weight excluding hydrogens is 246 g/mol. The summed E-state index contributed by atoms with van der Waals surface area (Å²) in [6.07, 6.45) is 8.83. The van der Waals surface area contributed by atoms with Crippen LogP contribution in [0.3, 0.4) is 0 Å². The van der Waals surface area contributed by atoms with Gasteiger partial charge in [-0.3, -0.25) is 0 Å². The molecule has 1 fully saturated rings. The molecule has 0 saturated heterocycles. The molecule has 2 N–H and O–H groups in total. The lowest BCUT2D eigenvalue weighted by Gasteiger charge is -2.42. The Labute approximate surface area is 121 Å². The topological polar surface area (TPSA) is 39.2 Å². The average molecular weight is 269 g/mol. The van der Waals surface area contributed by atoms with E-state index in [0.29, 0.717) is 0 Å². The van der Waals surface area contributed by atoms with E-state index in [1.807, 2.05) is 12.1 Å². The van der Waals surface area contributed by atoms with E-state index in [2.05, 4.69) is 30.3 Å². The van der Waals surface area contributed by atoms with Crippen molar-refractivity contribution in [3.8, 4) is 0 Å². The van der Waals surface area contributed by atoms with Gasteiger partial charge in [0.1, 0.15) is 5.76 Å². The van der Waals surface area contributed by atoms with Gasteiger partial charge in [-0.05, 0) is 30.5 Å². The van der Waals surface area contributed by atoms with E-state index in [-0.39, 0.29) is 11.5 Å². The first-order chi connectivity index (χ1) is 9.81. The Morgan fingerprint density at radius 2 is 1.75 bits per heavy atom. The average Bonchev–Trinajstić information content (AvgIpc) is 3.02. The second kappa shape index (κ2) is 5.84. The van der Waals surface area contributed by atoms with Crippen molar-refractivity contribution in [2.24, 2.45) is 5.73 Å². The molecule has 0 aliphatic heterocycles. The summed E-state index contributed by atoms with van der Waals surface area (Å²) in [6.45, 7) is 0. The van der Waals surface area contributed by atoms with Crippen LogP contribution in [0.15, 0.2) is 53.1 Å². The van der Waals surface area contributed by atoms with Crippen LogP contribution in [-0.2, 0) is 11.8 Å². The molecule has 2 nitrogen and oxygen atoms in total. The number of nitrogens with two attached hydrogens (primary N) is 1. The lowest BCUT2D eigenvalue weighted by molar-refractivity contribution is 0.235. The Balaban J connectivity index is 1.89. The van der Waals surface area contributed by atoms with Crippen LogP contribution in [0, 0.1) is 0 Å². The van der Waals surface area contributed by atoms with Gasteiger partial charge in [0.05, 0.1) is 6.26 Å². The summed E-state index contributed by atoms with van der Waals surface area (Å²) in [6, 6.07) is 14.9. The highest BCUT2D eigenvalue weighted by Crippen LogP contribution is 2.42. The summed E-state index contributed by atoms with van der Waals surface area (Å²) >= 11 is 0. The van der Waals surface area contributed by atoms with E-state index in [1.165, 1.54) is 37.7 Å². The van der Waals surface area contributed by atoms with Gasteiger partial charge in [-0.2, -0.15) is 0 Å². The van der Waals surface area contributed by atoms with Crippen LogP contribution in [0.4, 0.5) is 0 Å². The SMILES string of the molecule is NC(Cc1ccco1)C1(c2ccccc2)CCCCC1. The molecule has 1 aromatic carbocycles. The summed E-state index contributed by atoms with van der Waals surface area (Å²) < 4.78 is 5.50. The molecule has 3 rings (SSSR count). The largest absolute Gasteiger partial charge is 0.469 e. The number of hydrogen-bond donors (Lipinski definition) is 1. The van der Waals surface area contributed by atoms with Crippen molar-refractivity contribution in [2.45, 2.75) is 50.0 Å². The first kappa shape index (κ1) is 13.4. The lowest BCUT2D eigenvalue weighted by Crippen LogP contribution is -2.48. The Morgan fingerprint density at radius 1 is 1.00 bits per heavy atom. The second-order valence-corrected chi connectivity index (χ2v) is 5.97. The molecule has 1 atom stereocenters. The number of hydrogen-bond acceptors (Lipinski definition) is 2. The van der Waals surface area contributed by atoms with Gasteiger partial charge in [-0.1, -0.05) is 49.6 Å². The molecule has 1 aliphatic carbocycles. The third-order valence-electron chi connectivity index (χ3n) is 4.81. The quantitative estimate of drug-likeness (QED) is 0.909. The Hall–Kier alpha value is -1.54. The minimum absolute atomic E-state index is 0.117. The Kier molecular flexibility index (Phi) is 3.93. The van der Waals surface area contributed by atoms with Gasteiger partial charge < -0.3 is 10.2 Å². The van der Waals surface area contributed by atoms with Crippen molar-refractivity contribution in [3.63, 3.8) is 0 Å². The molecule has 1 unspecified atom stereocenters. The number of furan rings is 1. The number of benzene rings is 1. The molecular formula is C18H23NO. The molecule has 2 aromatic rings. The maximum absolute atomic E-state index is 6.65. The highest BCUT2D eigenvalue weighted by molar-refractivity contribution is 5.29. The molecule has 20 heavy (non-hydrogen) atoms. The van der Waals surface area contributed by atoms with E-state index >= 15 is 0 Å². The Bertz CT molecular complexity index is 512. The highest BCUT2D eigenvalue weighted by Gasteiger charge is 2.39. The van der Waals surface area contributed by atoms with Gasteiger partial charge in [0.15, 0.2) is 0 Å². The van der Waals surface area contributed by atoms with Crippen molar-refractivity contribution in [3.05, 3.63) is 60.1 Å². The summed E-state index contributed by atoms with van der Waals surface area (Å²) in [5, 5.41) is 0. The summed E-state index contributed by atoms with van der Waals surface area (Å²) in [5.74, 6) is 0.998. The zero-order valence-corrected chi connectivity index (χ0v) is 11.9. The van der Waals surface area contributed by atoms with Gasteiger partial charge in [-0.15, -0.1) is 0 Å². The van der Waals surface area contributed by atoms with E-state index in [4.69, 9.17) is 10.2 Å². The van der Waals surface area contributed by atoms with E-state index in [1.54, 1.807) is 6.26 Å². The van der Waals surface area contributed by atoms with Gasteiger partial charge in [0, 0.05) is 17.9 Å². The van der Waals surface area contributed by atoms with E-state index < -0.39 is 0 Å². The standard InChI is InChI=1S/C18H23NO/c19-17(14-16-10-7-13-20-16)18(11-5-2-6-12-18)15-8-3-1-4-9-15/h1,3-4,7-10,13,17H,2,5-6,11-12,14,19H2. The predicted molar refractivity (Wildman–Crippen MR) is 81.6 cm³/mol. The molecule has 0 spiro atoms. The van der Waals surface area contributed by atoms with Crippen LogP contribution in [-0.4, -0.2) is 6.04 Å². The molecule has 1 heterocycles. The third-order valence-corrected chi connectivity index (χ3v) is 4.81. The first-order valence-corrected chi connectivity index (χ1v) is 7.65. The maximum Gasteiger partial charge on any atom is 0.105 e. The lowest BCUT2D eigenvalue weighted by atomic mass is 9.64. The van der Waals surface area contributed by atoms with Gasteiger partial charge in [-0.25, -0.2) is 0 Å². The molecule has 0 bridgehead atoms. The van der Waals surface area contributed by atoms with Crippen LogP contribution in [0.1, 0.15) is 43.4 Å². The van der Waals surface area contributed by atoms with Crippen molar-refractivity contribution in [1.82, 2.24) is 0 Å². The minimum atomic E-state index is 0.117. The van der Waals surface area contributed by atoms with Crippen LogP contribution in [0.25, 0.3) is 0 Å². The third kappa shape index (κ3) is 2.53. The van der Waals surface area contributed by atoms with Gasteiger partial charge in [0.25, 0.3) is 0 Å². The van der Waals surface area contributed by atoms with E-state index in [0.717, 1.165) is 12.2 Å². The molecule has 2 heteroatoms. The molecule has 0 amide bonds. The summed E-state index contributed by atoms with van der Waals surface area (Å²) in [4.78, 5) is 0. The minimum Gasteiger partial charge on any atom is -0.469 e. The van der Waals surface area contributed by atoms with Crippen LogP contribution >= 0.6 is 0 Å². The zero-order chi connectivity index (χ0) is 13.8. The second-order valence-electron chi connectivity index (χ2n) is 5.97.